The summed E-state index contributed by atoms with van der Waals surface area (Å²) in [5.74, 6) is 0. The topological polar surface area (TPSA) is 58.6 Å². The zero-order valence-corrected chi connectivity index (χ0v) is 16.9. The van der Waals surface area contributed by atoms with E-state index >= 15 is 0 Å². The molecule has 1 aliphatic heterocycles. The lowest BCUT2D eigenvalue weighted by molar-refractivity contribution is -0.137. The molecular formula is C19H20ClF3N2O3S. The fraction of sp³-hybridized carbons (Fsp3) is 0.368. The number of nitrogens with zero attached hydrogens (tertiary/aromatic N) is 1. The van der Waals surface area contributed by atoms with E-state index in [1.54, 1.807) is 30.3 Å². The first-order valence-electron chi connectivity index (χ1n) is 8.91. The Morgan fingerprint density at radius 3 is 2.38 bits per heavy atom. The number of sulfonamides is 1. The van der Waals surface area contributed by atoms with Gasteiger partial charge in [-0.3, -0.25) is 4.90 Å². The first kappa shape index (κ1) is 22.0. The van der Waals surface area contributed by atoms with Crippen LogP contribution in [0.2, 0.25) is 5.02 Å². The van der Waals surface area contributed by atoms with Gasteiger partial charge in [-0.1, -0.05) is 41.9 Å². The number of ether oxygens (including phenoxy) is 1. The van der Waals surface area contributed by atoms with E-state index in [2.05, 4.69) is 4.72 Å². The van der Waals surface area contributed by atoms with Gasteiger partial charge in [0.25, 0.3) is 0 Å². The van der Waals surface area contributed by atoms with Crippen LogP contribution in [0.15, 0.2) is 53.4 Å². The minimum atomic E-state index is -4.75. The highest BCUT2D eigenvalue weighted by Gasteiger charge is 2.35. The predicted octanol–water partition coefficient (Wildman–Crippen LogP) is 3.71. The quantitative estimate of drug-likeness (QED) is 0.732. The Balaban J connectivity index is 1.89. The standard InChI is InChI=1S/C19H20ClF3N2O3S/c20-17-7-6-15(12-16(17)19(21,22)23)29(26,27)24-18(14-4-2-1-3-5-14)13-25-8-10-28-11-9-25/h1-7,12,18,24H,8-11,13H2/t18-/m1/s1. The van der Waals surface area contributed by atoms with Crippen LogP contribution in [0.4, 0.5) is 13.2 Å². The first-order chi connectivity index (χ1) is 13.7. The average molecular weight is 449 g/mol. The summed E-state index contributed by atoms with van der Waals surface area (Å²) >= 11 is 5.61. The Labute approximate surface area is 172 Å². The Morgan fingerprint density at radius 2 is 1.76 bits per heavy atom. The molecule has 1 saturated heterocycles. The molecule has 0 amide bonds. The summed E-state index contributed by atoms with van der Waals surface area (Å²) < 4.78 is 73.0. The maximum Gasteiger partial charge on any atom is 0.417 e. The van der Waals surface area contributed by atoms with Gasteiger partial charge in [0.1, 0.15) is 0 Å². The van der Waals surface area contributed by atoms with Gasteiger partial charge in [-0.05, 0) is 23.8 Å². The highest BCUT2D eigenvalue weighted by Crippen LogP contribution is 2.36. The summed E-state index contributed by atoms with van der Waals surface area (Å²) in [6, 6.07) is 10.8. The van der Waals surface area contributed by atoms with E-state index in [0.717, 1.165) is 12.1 Å². The van der Waals surface area contributed by atoms with Crippen LogP contribution in [0, 0.1) is 0 Å². The smallest absolute Gasteiger partial charge is 0.379 e. The van der Waals surface area contributed by atoms with Crippen LogP contribution in [0.1, 0.15) is 17.2 Å². The van der Waals surface area contributed by atoms with Crippen molar-refractivity contribution in [2.75, 3.05) is 32.8 Å². The second kappa shape index (κ2) is 9.01. The van der Waals surface area contributed by atoms with Crippen molar-refractivity contribution in [2.45, 2.75) is 17.1 Å². The highest BCUT2D eigenvalue weighted by atomic mass is 35.5. The number of morpholine rings is 1. The van der Waals surface area contributed by atoms with Crippen LogP contribution in [0.5, 0.6) is 0 Å². The minimum Gasteiger partial charge on any atom is -0.379 e. The fourth-order valence-electron chi connectivity index (χ4n) is 3.08. The maximum atomic E-state index is 13.1. The van der Waals surface area contributed by atoms with Crippen molar-refractivity contribution in [1.29, 1.82) is 0 Å². The molecule has 2 aromatic carbocycles. The summed E-state index contributed by atoms with van der Waals surface area (Å²) in [5, 5.41) is -0.552. The average Bonchev–Trinajstić information content (AvgIpc) is 2.68. The molecule has 0 aromatic heterocycles. The summed E-state index contributed by atoms with van der Waals surface area (Å²) in [6.07, 6.45) is -4.75. The molecule has 158 valence electrons. The van der Waals surface area contributed by atoms with Crippen LogP contribution in [-0.4, -0.2) is 46.2 Å². The van der Waals surface area contributed by atoms with Crippen LogP contribution in [0.25, 0.3) is 0 Å². The lowest BCUT2D eigenvalue weighted by Crippen LogP contribution is -2.43. The Hall–Kier alpha value is -1.65. The molecule has 3 rings (SSSR count). The van der Waals surface area contributed by atoms with Gasteiger partial charge in [0.15, 0.2) is 0 Å². The normalized spacial score (nSPS) is 17.2. The van der Waals surface area contributed by atoms with Gasteiger partial charge >= 0.3 is 6.18 Å². The summed E-state index contributed by atoms with van der Waals surface area (Å²) in [5.41, 5.74) is -0.473. The monoisotopic (exact) mass is 448 g/mol. The Kier molecular flexibility index (Phi) is 6.85. The molecule has 0 radical (unpaired) electrons. The highest BCUT2D eigenvalue weighted by molar-refractivity contribution is 7.89. The van der Waals surface area contributed by atoms with Crippen LogP contribution < -0.4 is 4.72 Å². The van der Waals surface area contributed by atoms with Gasteiger partial charge in [-0.15, -0.1) is 0 Å². The predicted molar refractivity (Wildman–Crippen MR) is 103 cm³/mol. The maximum absolute atomic E-state index is 13.1. The van der Waals surface area contributed by atoms with E-state index in [9.17, 15) is 21.6 Å². The summed E-state index contributed by atoms with van der Waals surface area (Å²) in [7, 11) is -4.22. The van der Waals surface area contributed by atoms with E-state index in [-0.39, 0.29) is 0 Å². The lowest BCUT2D eigenvalue weighted by Gasteiger charge is -2.31. The third-order valence-corrected chi connectivity index (χ3v) is 6.40. The number of nitrogens with one attached hydrogen (secondary N) is 1. The molecule has 1 fully saturated rings. The molecule has 5 nitrogen and oxygen atoms in total. The second-order valence-corrected chi connectivity index (χ2v) is 8.76. The molecule has 29 heavy (non-hydrogen) atoms. The van der Waals surface area contributed by atoms with Gasteiger partial charge in [-0.2, -0.15) is 13.2 Å². The molecular weight excluding hydrogens is 429 g/mol. The molecule has 1 atom stereocenters. The van der Waals surface area contributed by atoms with Crippen molar-refractivity contribution >= 4 is 21.6 Å². The second-order valence-electron chi connectivity index (χ2n) is 6.64. The van der Waals surface area contributed by atoms with Gasteiger partial charge < -0.3 is 4.74 Å². The van der Waals surface area contributed by atoms with Gasteiger partial charge in [0, 0.05) is 19.6 Å². The molecule has 0 bridgehead atoms. The van der Waals surface area contributed by atoms with Crippen molar-refractivity contribution in [3.05, 3.63) is 64.7 Å². The van der Waals surface area contributed by atoms with Crippen molar-refractivity contribution in [1.82, 2.24) is 9.62 Å². The zero-order chi connectivity index (χ0) is 21.1. The van der Waals surface area contributed by atoms with Crippen LogP contribution in [-0.2, 0) is 20.9 Å². The van der Waals surface area contributed by atoms with E-state index in [1.807, 2.05) is 4.90 Å². The first-order valence-corrected chi connectivity index (χ1v) is 10.8. The Bertz CT molecular complexity index is 933. The lowest BCUT2D eigenvalue weighted by atomic mass is 10.1. The molecule has 1 N–H and O–H groups in total. The van der Waals surface area contributed by atoms with Gasteiger partial charge in [-0.25, -0.2) is 13.1 Å². The molecule has 2 aromatic rings. The third-order valence-electron chi connectivity index (χ3n) is 4.60. The number of rotatable bonds is 6. The third kappa shape index (κ3) is 5.70. The van der Waals surface area contributed by atoms with Crippen LogP contribution in [0.3, 0.4) is 0 Å². The fourth-order valence-corrected chi connectivity index (χ4v) is 4.55. The Morgan fingerprint density at radius 1 is 1.10 bits per heavy atom. The minimum absolute atomic E-state index is 0.367. The number of hydrogen-bond acceptors (Lipinski definition) is 4. The largest absolute Gasteiger partial charge is 0.417 e. The van der Waals surface area contributed by atoms with Crippen molar-refractivity contribution < 1.29 is 26.3 Å². The SMILES string of the molecule is O=S(=O)(N[C@H](CN1CCOCC1)c1ccccc1)c1ccc(Cl)c(C(F)(F)F)c1. The molecule has 0 spiro atoms. The van der Waals surface area contributed by atoms with E-state index < -0.39 is 37.7 Å². The van der Waals surface area contributed by atoms with E-state index in [4.69, 9.17) is 16.3 Å². The zero-order valence-electron chi connectivity index (χ0n) is 15.3. The number of hydrogen-bond donors (Lipinski definition) is 1. The van der Waals surface area contributed by atoms with E-state index in [1.165, 1.54) is 0 Å². The summed E-state index contributed by atoms with van der Waals surface area (Å²) in [6.45, 7) is 2.74. The van der Waals surface area contributed by atoms with E-state index in [0.29, 0.717) is 44.5 Å². The van der Waals surface area contributed by atoms with Gasteiger partial charge in [0.2, 0.25) is 10.0 Å². The number of halogens is 4. The molecule has 0 aliphatic carbocycles. The number of benzene rings is 2. The van der Waals surface area contributed by atoms with Crippen molar-refractivity contribution in [3.8, 4) is 0 Å². The van der Waals surface area contributed by atoms with Crippen molar-refractivity contribution in [2.24, 2.45) is 0 Å². The molecule has 10 heteroatoms. The number of alkyl halides is 3. The molecule has 1 heterocycles. The van der Waals surface area contributed by atoms with Gasteiger partial charge in [0.05, 0.1) is 34.7 Å². The molecule has 0 unspecified atom stereocenters. The summed E-state index contributed by atoms with van der Waals surface area (Å²) in [4.78, 5) is 1.56. The van der Waals surface area contributed by atoms with Crippen molar-refractivity contribution in [3.63, 3.8) is 0 Å². The molecule has 0 saturated carbocycles. The molecule has 1 aliphatic rings. The van der Waals surface area contributed by atoms with Crippen LogP contribution >= 0.6 is 11.6 Å².